The van der Waals surface area contributed by atoms with E-state index in [-0.39, 0.29) is 5.91 Å². The van der Waals surface area contributed by atoms with E-state index in [0.717, 1.165) is 13.0 Å². The molecular weight excluding hydrogens is 212 g/mol. The average Bonchev–Trinajstić information content (AvgIpc) is 2.59. The molecule has 3 nitrogen and oxygen atoms in total. The molecule has 0 saturated heterocycles. The molecule has 0 aromatic carbocycles. The average molecular weight is 238 g/mol. The number of carbonyl (C=O) groups is 1. The van der Waals surface area contributed by atoms with Gasteiger partial charge in [-0.1, -0.05) is 27.7 Å². The van der Waals surface area contributed by atoms with Gasteiger partial charge in [-0.3, -0.25) is 4.79 Å². The number of hydrogen-bond donors (Lipinski definition) is 0. The van der Waals surface area contributed by atoms with E-state index in [0.29, 0.717) is 18.4 Å². The molecule has 1 rings (SSSR count). The summed E-state index contributed by atoms with van der Waals surface area (Å²) in [5.41, 5.74) is 2.74. The summed E-state index contributed by atoms with van der Waals surface area (Å²) in [7, 11) is 3.88. The molecule has 0 fully saturated rings. The Morgan fingerprint density at radius 2 is 1.82 bits per heavy atom. The number of likely N-dealkylation sites (N-methyl/N-ethyl adjacent to an activating group) is 1. The Labute approximate surface area is 105 Å². The van der Waals surface area contributed by atoms with E-state index in [1.807, 2.05) is 23.9 Å². The second-order valence-electron chi connectivity index (χ2n) is 5.75. The molecule has 1 heterocycles. The summed E-state index contributed by atoms with van der Waals surface area (Å²) in [5.74, 6) is 1.21. The summed E-state index contributed by atoms with van der Waals surface area (Å²) in [6, 6.07) is 0. The van der Waals surface area contributed by atoms with Crippen molar-refractivity contribution in [1.82, 2.24) is 9.80 Å². The lowest BCUT2D eigenvalue weighted by Gasteiger charge is -2.25. The Kier molecular flexibility index (Phi) is 4.75. The van der Waals surface area contributed by atoms with Gasteiger partial charge in [0, 0.05) is 12.2 Å². The lowest BCUT2D eigenvalue weighted by atomic mass is 9.96. The Morgan fingerprint density at radius 3 is 2.24 bits per heavy atom. The van der Waals surface area contributed by atoms with Crippen molar-refractivity contribution in [3.63, 3.8) is 0 Å². The molecule has 3 heteroatoms. The number of carbonyl (C=O) groups excluding carboxylic acids is 1. The van der Waals surface area contributed by atoms with Gasteiger partial charge in [0.15, 0.2) is 0 Å². The molecule has 1 aliphatic heterocycles. The van der Waals surface area contributed by atoms with Crippen molar-refractivity contribution < 1.29 is 4.79 Å². The van der Waals surface area contributed by atoms with Gasteiger partial charge in [0.1, 0.15) is 0 Å². The highest BCUT2D eigenvalue weighted by molar-refractivity contribution is 5.80. The molecule has 17 heavy (non-hydrogen) atoms. The fourth-order valence-corrected chi connectivity index (χ4v) is 2.54. The second kappa shape index (κ2) is 5.67. The molecule has 98 valence electrons. The lowest BCUT2D eigenvalue weighted by molar-refractivity contribution is -0.129. The number of allylic oxidation sites excluding steroid dienone is 1. The van der Waals surface area contributed by atoms with E-state index in [9.17, 15) is 4.79 Å². The van der Waals surface area contributed by atoms with Crippen molar-refractivity contribution in [3.8, 4) is 0 Å². The summed E-state index contributed by atoms with van der Waals surface area (Å²) in [5, 5.41) is 0. The van der Waals surface area contributed by atoms with E-state index >= 15 is 0 Å². The number of hydrogen-bond acceptors (Lipinski definition) is 2. The van der Waals surface area contributed by atoms with Crippen LogP contribution in [0.25, 0.3) is 0 Å². The predicted molar refractivity (Wildman–Crippen MR) is 71.6 cm³/mol. The quantitative estimate of drug-likeness (QED) is 0.750. The van der Waals surface area contributed by atoms with Crippen LogP contribution in [-0.2, 0) is 4.79 Å². The molecule has 0 atom stereocenters. The highest BCUT2D eigenvalue weighted by Crippen LogP contribution is 2.33. The maximum absolute atomic E-state index is 12.2. The van der Waals surface area contributed by atoms with Gasteiger partial charge >= 0.3 is 0 Å². The monoisotopic (exact) mass is 238 g/mol. The SMILES string of the molecule is CC(C)C1=C(C(C)C)N(C(=O)CN(C)C)CC1. The lowest BCUT2D eigenvalue weighted by Crippen LogP contribution is -2.36. The summed E-state index contributed by atoms with van der Waals surface area (Å²) in [6.45, 7) is 10.2. The summed E-state index contributed by atoms with van der Waals surface area (Å²) in [4.78, 5) is 16.1. The normalized spacial score (nSPS) is 16.9. The van der Waals surface area contributed by atoms with Crippen LogP contribution in [-0.4, -0.2) is 42.9 Å². The first-order valence-electron chi connectivity index (χ1n) is 6.52. The molecule has 0 aromatic heterocycles. The van der Waals surface area contributed by atoms with Crippen LogP contribution in [0.2, 0.25) is 0 Å². The zero-order valence-electron chi connectivity index (χ0n) is 12.1. The van der Waals surface area contributed by atoms with Crippen molar-refractivity contribution >= 4 is 5.91 Å². The minimum absolute atomic E-state index is 0.231. The second-order valence-corrected chi connectivity index (χ2v) is 5.75. The van der Waals surface area contributed by atoms with Crippen molar-refractivity contribution in [1.29, 1.82) is 0 Å². The number of nitrogens with zero attached hydrogens (tertiary/aromatic N) is 2. The Hall–Kier alpha value is -0.830. The molecule has 0 aromatic rings. The Morgan fingerprint density at radius 1 is 1.24 bits per heavy atom. The fourth-order valence-electron chi connectivity index (χ4n) is 2.54. The van der Waals surface area contributed by atoms with E-state index in [2.05, 4.69) is 27.7 Å². The van der Waals surface area contributed by atoms with Crippen LogP contribution in [0, 0.1) is 11.8 Å². The number of rotatable bonds is 4. The van der Waals surface area contributed by atoms with Crippen molar-refractivity contribution in [2.45, 2.75) is 34.1 Å². The molecule has 0 N–H and O–H groups in total. The molecule has 0 radical (unpaired) electrons. The largest absolute Gasteiger partial charge is 0.315 e. The maximum atomic E-state index is 12.2. The van der Waals surface area contributed by atoms with Gasteiger partial charge in [-0.05, 0) is 37.9 Å². The minimum Gasteiger partial charge on any atom is -0.315 e. The molecular formula is C14H26N2O. The van der Waals surface area contributed by atoms with E-state index < -0.39 is 0 Å². The van der Waals surface area contributed by atoms with Crippen molar-refractivity contribution in [3.05, 3.63) is 11.3 Å². The van der Waals surface area contributed by atoms with Crippen LogP contribution < -0.4 is 0 Å². The molecule has 0 bridgehead atoms. The summed E-state index contributed by atoms with van der Waals surface area (Å²) >= 11 is 0. The molecule has 0 aliphatic carbocycles. The minimum atomic E-state index is 0.231. The molecule has 0 unspecified atom stereocenters. The van der Waals surface area contributed by atoms with E-state index in [1.165, 1.54) is 11.3 Å². The van der Waals surface area contributed by atoms with Gasteiger partial charge in [-0.15, -0.1) is 0 Å². The zero-order chi connectivity index (χ0) is 13.2. The molecule has 1 aliphatic rings. The van der Waals surface area contributed by atoms with Gasteiger partial charge < -0.3 is 9.80 Å². The Bertz CT molecular complexity index is 316. The third kappa shape index (κ3) is 3.32. The highest BCUT2D eigenvalue weighted by Gasteiger charge is 2.30. The third-order valence-electron chi connectivity index (χ3n) is 3.22. The zero-order valence-corrected chi connectivity index (χ0v) is 12.1. The van der Waals surface area contributed by atoms with Gasteiger partial charge in [-0.25, -0.2) is 0 Å². The van der Waals surface area contributed by atoms with Gasteiger partial charge in [-0.2, -0.15) is 0 Å². The smallest absolute Gasteiger partial charge is 0.240 e. The first-order chi connectivity index (χ1) is 7.84. The maximum Gasteiger partial charge on any atom is 0.240 e. The van der Waals surface area contributed by atoms with Crippen LogP contribution >= 0.6 is 0 Å². The summed E-state index contributed by atoms with van der Waals surface area (Å²) < 4.78 is 0. The standard InChI is InChI=1S/C14H26N2O/c1-10(2)12-7-8-16(14(12)11(3)4)13(17)9-15(5)6/h10-11H,7-9H2,1-6H3. The van der Waals surface area contributed by atoms with E-state index in [4.69, 9.17) is 0 Å². The van der Waals surface area contributed by atoms with Crippen LogP contribution in [0.3, 0.4) is 0 Å². The number of amides is 1. The van der Waals surface area contributed by atoms with Crippen LogP contribution in [0.1, 0.15) is 34.1 Å². The summed E-state index contributed by atoms with van der Waals surface area (Å²) in [6.07, 6.45) is 1.05. The third-order valence-corrected chi connectivity index (χ3v) is 3.22. The fraction of sp³-hybridized carbons (Fsp3) is 0.786. The van der Waals surface area contributed by atoms with Gasteiger partial charge in [0.25, 0.3) is 0 Å². The Balaban J connectivity index is 2.92. The first-order valence-corrected chi connectivity index (χ1v) is 6.52. The molecule has 0 saturated carbocycles. The van der Waals surface area contributed by atoms with E-state index in [1.54, 1.807) is 0 Å². The van der Waals surface area contributed by atoms with Crippen LogP contribution in [0.4, 0.5) is 0 Å². The predicted octanol–water partition coefficient (Wildman–Crippen LogP) is 2.35. The van der Waals surface area contributed by atoms with Gasteiger partial charge in [0.05, 0.1) is 6.54 Å². The van der Waals surface area contributed by atoms with Crippen molar-refractivity contribution in [2.24, 2.45) is 11.8 Å². The van der Waals surface area contributed by atoms with Crippen LogP contribution in [0.15, 0.2) is 11.3 Å². The first kappa shape index (κ1) is 14.2. The van der Waals surface area contributed by atoms with Crippen LogP contribution in [0.5, 0.6) is 0 Å². The molecule has 0 spiro atoms. The highest BCUT2D eigenvalue weighted by atomic mass is 16.2. The molecule has 1 amide bonds. The topological polar surface area (TPSA) is 23.6 Å². The van der Waals surface area contributed by atoms with Gasteiger partial charge in [0.2, 0.25) is 5.91 Å². The van der Waals surface area contributed by atoms with Crippen molar-refractivity contribution in [2.75, 3.05) is 27.2 Å².